The van der Waals surface area contributed by atoms with Crippen LogP contribution >= 0.6 is 11.8 Å². The van der Waals surface area contributed by atoms with E-state index in [-0.39, 0.29) is 30.0 Å². The number of fused-ring (bicyclic) bond motifs is 2. The fraction of sp³-hybridized carbons (Fsp3) is 0.346. The molecule has 35 heavy (non-hydrogen) atoms. The number of pyridine rings is 1. The maximum atomic E-state index is 13.5. The first kappa shape index (κ1) is 22.0. The van der Waals surface area contributed by atoms with Gasteiger partial charge in [-0.05, 0) is 49.9 Å². The first-order valence-corrected chi connectivity index (χ1v) is 13.0. The third-order valence-electron chi connectivity index (χ3n) is 6.95. The molecule has 0 aliphatic carbocycles. The van der Waals surface area contributed by atoms with E-state index in [0.717, 1.165) is 42.6 Å². The number of hydrogen-bond acceptors (Lipinski definition) is 6. The Bertz CT molecular complexity index is 1450. The highest BCUT2D eigenvalue weighted by Crippen LogP contribution is 2.36. The molecule has 0 saturated carbocycles. The lowest BCUT2D eigenvalue weighted by atomic mass is 9.95. The molecule has 8 nitrogen and oxygen atoms in total. The number of thioether (sulfide) groups is 1. The van der Waals surface area contributed by atoms with E-state index in [1.165, 1.54) is 11.8 Å². The highest BCUT2D eigenvalue weighted by atomic mass is 32.2. The number of likely N-dealkylation sites (tertiary alicyclic amines) is 1. The van der Waals surface area contributed by atoms with Gasteiger partial charge in [-0.2, -0.15) is 5.10 Å². The SMILES string of the molecule is Cc1ccc(-n2ncc3c(=O)n4c(nc32)SCC4CC(=O)N2CCCCC2c2cccnc2)cc1. The van der Waals surface area contributed by atoms with Gasteiger partial charge in [-0.1, -0.05) is 35.5 Å². The highest BCUT2D eigenvalue weighted by Gasteiger charge is 2.34. The summed E-state index contributed by atoms with van der Waals surface area (Å²) in [4.78, 5) is 38.0. The van der Waals surface area contributed by atoms with Crippen LogP contribution in [-0.2, 0) is 4.79 Å². The monoisotopic (exact) mass is 486 g/mol. The van der Waals surface area contributed by atoms with Crippen LogP contribution in [0.5, 0.6) is 0 Å². The number of hydrogen-bond donors (Lipinski definition) is 0. The molecule has 0 spiro atoms. The van der Waals surface area contributed by atoms with Gasteiger partial charge in [-0.25, -0.2) is 9.67 Å². The number of benzene rings is 1. The van der Waals surface area contributed by atoms with Crippen LogP contribution in [0.25, 0.3) is 16.7 Å². The fourth-order valence-corrected chi connectivity index (χ4v) is 6.25. The van der Waals surface area contributed by atoms with Gasteiger partial charge in [0.05, 0.1) is 24.0 Å². The number of piperidine rings is 1. The molecule has 0 N–H and O–H groups in total. The van der Waals surface area contributed by atoms with Crippen LogP contribution in [0, 0.1) is 6.92 Å². The summed E-state index contributed by atoms with van der Waals surface area (Å²) in [5, 5.41) is 5.57. The quantitative estimate of drug-likeness (QED) is 0.404. The Morgan fingerprint density at radius 1 is 1.14 bits per heavy atom. The van der Waals surface area contributed by atoms with E-state index in [1.807, 2.05) is 54.4 Å². The number of aromatic nitrogens is 5. The molecular formula is C26H26N6O2S. The maximum absolute atomic E-state index is 13.5. The molecule has 178 valence electrons. The molecule has 4 aromatic rings. The lowest BCUT2D eigenvalue weighted by molar-refractivity contribution is -0.135. The van der Waals surface area contributed by atoms with Crippen LogP contribution in [0.4, 0.5) is 0 Å². The molecule has 1 amide bonds. The Hall–Kier alpha value is -3.46. The summed E-state index contributed by atoms with van der Waals surface area (Å²) in [5.41, 5.74) is 3.52. The predicted molar refractivity (Wildman–Crippen MR) is 135 cm³/mol. The average Bonchev–Trinajstić information content (AvgIpc) is 3.50. The zero-order chi connectivity index (χ0) is 23.9. The Kier molecular flexibility index (Phi) is 5.64. The van der Waals surface area contributed by atoms with Crippen LogP contribution in [0.15, 0.2) is 64.9 Å². The van der Waals surface area contributed by atoms with Crippen molar-refractivity contribution in [2.75, 3.05) is 12.3 Å². The molecule has 6 rings (SSSR count). The van der Waals surface area contributed by atoms with Gasteiger partial charge in [0.15, 0.2) is 10.8 Å². The van der Waals surface area contributed by atoms with Crippen molar-refractivity contribution >= 4 is 28.7 Å². The smallest absolute Gasteiger partial charge is 0.265 e. The van der Waals surface area contributed by atoms with Crippen molar-refractivity contribution in [2.24, 2.45) is 0 Å². The molecule has 2 aliphatic rings. The van der Waals surface area contributed by atoms with Crippen LogP contribution < -0.4 is 5.56 Å². The number of rotatable bonds is 4. The number of amides is 1. The molecule has 0 bridgehead atoms. The van der Waals surface area contributed by atoms with Gasteiger partial charge in [0, 0.05) is 31.1 Å². The number of carbonyl (C=O) groups is 1. The van der Waals surface area contributed by atoms with Gasteiger partial charge in [0.2, 0.25) is 5.91 Å². The van der Waals surface area contributed by atoms with Crippen molar-refractivity contribution in [3.63, 3.8) is 0 Å². The van der Waals surface area contributed by atoms with Gasteiger partial charge in [0.1, 0.15) is 5.39 Å². The van der Waals surface area contributed by atoms with E-state index in [1.54, 1.807) is 21.6 Å². The largest absolute Gasteiger partial charge is 0.336 e. The Labute approximate surface area is 207 Å². The molecule has 2 atom stereocenters. The summed E-state index contributed by atoms with van der Waals surface area (Å²) in [5.74, 6) is 0.739. The van der Waals surface area contributed by atoms with Crippen molar-refractivity contribution in [1.82, 2.24) is 29.2 Å². The topological polar surface area (TPSA) is 85.9 Å². The second kappa shape index (κ2) is 8.96. The fourth-order valence-electron chi connectivity index (χ4n) is 5.12. The lowest BCUT2D eigenvalue weighted by Gasteiger charge is -2.36. The standard InChI is InChI=1S/C26H26N6O2S/c1-17-7-9-19(10-8-17)32-24-21(15-28-32)25(34)31-20(16-35-26(31)29-24)13-23(33)30-12-3-2-6-22(30)18-5-4-11-27-14-18/h4-5,7-11,14-15,20,22H,2-3,6,12-13,16H2,1H3. The Balaban J connectivity index is 1.29. The van der Waals surface area contributed by atoms with Gasteiger partial charge in [0.25, 0.3) is 5.56 Å². The molecule has 2 aliphatic heterocycles. The van der Waals surface area contributed by atoms with Crippen LogP contribution in [-0.4, -0.2) is 47.4 Å². The minimum atomic E-state index is -0.217. The van der Waals surface area contributed by atoms with Gasteiger partial charge < -0.3 is 4.90 Å². The minimum Gasteiger partial charge on any atom is -0.336 e. The second-order valence-electron chi connectivity index (χ2n) is 9.25. The van der Waals surface area contributed by atoms with E-state index in [2.05, 4.69) is 10.1 Å². The summed E-state index contributed by atoms with van der Waals surface area (Å²) >= 11 is 1.53. The normalized spacial score (nSPS) is 19.7. The molecule has 0 radical (unpaired) electrons. The minimum absolute atomic E-state index is 0.0449. The molecule has 1 aromatic carbocycles. The highest BCUT2D eigenvalue weighted by molar-refractivity contribution is 7.99. The van der Waals surface area contributed by atoms with E-state index in [0.29, 0.717) is 21.9 Å². The summed E-state index contributed by atoms with van der Waals surface area (Å²) in [6.45, 7) is 2.77. The number of carbonyl (C=O) groups excluding carboxylic acids is 1. The predicted octanol–water partition coefficient (Wildman–Crippen LogP) is 4.08. The van der Waals surface area contributed by atoms with Gasteiger partial charge in [-0.3, -0.25) is 19.1 Å². The van der Waals surface area contributed by atoms with Crippen molar-refractivity contribution in [3.8, 4) is 5.69 Å². The van der Waals surface area contributed by atoms with E-state index in [4.69, 9.17) is 4.98 Å². The number of nitrogens with zero attached hydrogens (tertiary/aromatic N) is 6. The van der Waals surface area contributed by atoms with Crippen LogP contribution in [0.2, 0.25) is 0 Å². The van der Waals surface area contributed by atoms with Crippen molar-refractivity contribution in [2.45, 2.75) is 49.8 Å². The zero-order valence-corrected chi connectivity index (χ0v) is 20.3. The Morgan fingerprint density at radius 2 is 2.00 bits per heavy atom. The first-order valence-electron chi connectivity index (χ1n) is 12.0. The van der Waals surface area contributed by atoms with Crippen molar-refractivity contribution < 1.29 is 4.79 Å². The zero-order valence-electron chi connectivity index (χ0n) is 19.5. The van der Waals surface area contributed by atoms with Gasteiger partial charge in [-0.15, -0.1) is 0 Å². The van der Waals surface area contributed by atoms with Crippen LogP contribution in [0.1, 0.15) is 48.9 Å². The van der Waals surface area contributed by atoms with E-state index >= 15 is 0 Å². The first-order chi connectivity index (χ1) is 17.1. The lowest BCUT2D eigenvalue weighted by Crippen LogP contribution is -2.40. The molecular weight excluding hydrogens is 460 g/mol. The molecule has 9 heteroatoms. The number of aryl methyl sites for hydroxylation is 1. The summed E-state index contributed by atoms with van der Waals surface area (Å²) in [7, 11) is 0. The molecule has 2 unspecified atom stereocenters. The van der Waals surface area contributed by atoms with E-state index < -0.39 is 0 Å². The third-order valence-corrected chi connectivity index (χ3v) is 8.05. The Morgan fingerprint density at radius 3 is 2.80 bits per heavy atom. The van der Waals surface area contributed by atoms with E-state index in [9.17, 15) is 9.59 Å². The molecule has 1 fully saturated rings. The van der Waals surface area contributed by atoms with Crippen molar-refractivity contribution in [1.29, 1.82) is 0 Å². The van der Waals surface area contributed by atoms with Crippen LogP contribution in [0.3, 0.4) is 0 Å². The maximum Gasteiger partial charge on any atom is 0.265 e. The average molecular weight is 487 g/mol. The molecule has 1 saturated heterocycles. The molecule has 5 heterocycles. The van der Waals surface area contributed by atoms with Crippen molar-refractivity contribution in [3.05, 3.63) is 76.5 Å². The van der Waals surface area contributed by atoms with Gasteiger partial charge >= 0.3 is 0 Å². The second-order valence-corrected chi connectivity index (χ2v) is 10.2. The summed E-state index contributed by atoms with van der Waals surface area (Å²) < 4.78 is 3.41. The molecule has 3 aromatic heterocycles. The summed E-state index contributed by atoms with van der Waals surface area (Å²) in [6, 6.07) is 11.8. The summed E-state index contributed by atoms with van der Waals surface area (Å²) in [6.07, 6.45) is 8.52. The third kappa shape index (κ3) is 3.93.